The van der Waals surface area contributed by atoms with E-state index in [1.807, 2.05) is 54.7 Å². The lowest BCUT2D eigenvalue weighted by Gasteiger charge is -2.20. The molecular formula is C19H19NO2. The van der Waals surface area contributed by atoms with Gasteiger partial charge in [0.2, 0.25) is 0 Å². The van der Waals surface area contributed by atoms with Crippen LogP contribution in [0.25, 0.3) is 5.57 Å². The lowest BCUT2D eigenvalue weighted by Crippen LogP contribution is -2.18. The van der Waals surface area contributed by atoms with Gasteiger partial charge in [0.05, 0.1) is 5.92 Å². The Morgan fingerprint density at radius 3 is 2.82 bits per heavy atom. The van der Waals surface area contributed by atoms with Crippen LogP contribution in [0, 0.1) is 5.92 Å². The quantitative estimate of drug-likeness (QED) is 0.800. The Labute approximate surface area is 130 Å². The monoisotopic (exact) mass is 293 g/mol. The fraction of sp³-hybridized carbons (Fsp3) is 0.263. The summed E-state index contributed by atoms with van der Waals surface area (Å²) in [4.78, 5) is 16.4. The zero-order valence-corrected chi connectivity index (χ0v) is 12.4. The lowest BCUT2D eigenvalue weighted by molar-refractivity contribution is -0.148. The molecule has 3 heteroatoms. The van der Waals surface area contributed by atoms with Gasteiger partial charge in [-0.05, 0) is 42.0 Å². The summed E-state index contributed by atoms with van der Waals surface area (Å²) in [6, 6.07) is 13.7. The minimum atomic E-state index is -0.146. The van der Waals surface area contributed by atoms with Crippen molar-refractivity contribution in [2.45, 2.75) is 25.9 Å². The third kappa shape index (κ3) is 3.61. The van der Waals surface area contributed by atoms with Crippen molar-refractivity contribution in [2.24, 2.45) is 5.92 Å². The Balaban J connectivity index is 1.65. The minimum Gasteiger partial charge on any atom is -0.460 e. The average molecular weight is 293 g/mol. The molecular weight excluding hydrogens is 274 g/mol. The average Bonchev–Trinajstić information content (AvgIpc) is 2.61. The maximum atomic E-state index is 12.3. The molecule has 2 aromatic rings. The van der Waals surface area contributed by atoms with Gasteiger partial charge in [-0.1, -0.05) is 42.5 Å². The molecule has 1 aromatic heterocycles. The summed E-state index contributed by atoms with van der Waals surface area (Å²) in [5.74, 6) is -0.280. The molecule has 1 aliphatic carbocycles. The van der Waals surface area contributed by atoms with Crippen LogP contribution in [-0.4, -0.2) is 11.0 Å². The number of nitrogens with zero attached hydrogens (tertiary/aromatic N) is 1. The van der Waals surface area contributed by atoms with E-state index in [1.165, 1.54) is 5.57 Å². The fourth-order valence-corrected chi connectivity index (χ4v) is 2.74. The zero-order chi connectivity index (χ0) is 15.2. The number of esters is 1. The molecule has 0 bridgehead atoms. The topological polar surface area (TPSA) is 39.2 Å². The van der Waals surface area contributed by atoms with E-state index in [2.05, 4.69) is 4.98 Å². The van der Waals surface area contributed by atoms with Crippen LogP contribution >= 0.6 is 0 Å². The zero-order valence-electron chi connectivity index (χ0n) is 12.4. The number of benzene rings is 1. The first-order chi connectivity index (χ1) is 10.8. The van der Waals surface area contributed by atoms with E-state index in [9.17, 15) is 4.79 Å². The summed E-state index contributed by atoms with van der Waals surface area (Å²) >= 11 is 0. The molecule has 1 aliphatic rings. The van der Waals surface area contributed by atoms with E-state index in [1.54, 1.807) is 6.20 Å². The number of aromatic nitrogens is 1. The number of carbonyl (C=O) groups excluding carboxylic acids is 1. The summed E-state index contributed by atoms with van der Waals surface area (Å²) in [6.45, 7) is 0.340. The molecule has 1 heterocycles. The number of allylic oxidation sites excluding steroid dienone is 1. The van der Waals surface area contributed by atoms with Gasteiger partial charge in [0, 0.05) is 12.4 Å². The maximum absolute atomic E-state index is 12.3. The summed E-state index contributed by atoms with van der Waals surface area (Å²) in [5.41, 5.74) is 3.31. The number of pyridine rings is 1. The summed E-state index contributed by atoms with van der Waals surface area (Å²) < 4.78 is 5.45. The van der Waals surface area contributed by atoms with Gasteiger partial charge in [-0.3, -0.25) is 9.78 Å². The van der Waals surface area contributed by atoms with Crippen molar-refractivity contribution in [1.29, 1.82) is 0 Å². The smallest absolute Gasteiger partial charge is 0.313 e. The predicted octanol–water partition coefficient (Wildman–Crippen LogP) is 4.01. The van der Waals surface area contributed by atoms with Crippen LogP contribution in [0.1, 0.15) is 30.4 Å². The van der Waals surface area contributed by atoms with Gasteiger partial charge in [-0.15, -0.1) is 0 Å². The molecule has 0 fully saturated rings. The molecule has 0 radical (unpaired) electrons. The summed E-state index contributed by atoms with van der Waals surface area (Å²) in [5, 5.41) is 0. The predicted molar refractivity (Wildman–Crippen MR) is 85.8 cm³/mol. The molecule has 1 atom stereocenters. The van der Waals surface area contributed by atoms with Crippen molar-refractivity contribution >= 4 is 11.5 Å². The van der Waals surface area contributed by atoms with Crippen molar-refractivity contribution < 1.29 is 9.53 Å². The first-order valence-electron chi connectivity index (χ1n) is 7.64. The number of hydrogen-bond donors (Lipinski definition) is 0. The molecule has 0 saturated heterocycles. The van der Waals surface area contributed by atoms with Crippen molar-refractivity contribution in [3.05, 3.63) is 72.1 Å². The third-order valence-electron chi connectivity index (χ3n) is 3.92. The molecule has 3 nitrogen and oxygen atoms in total. The molecule has 0 amide bonds. The number of hydrogen-bond acceptors (Lipinski definition) is 3. The van der Waals surface area contributed by atoms with E-state index >= 15 is 0 Å². The van der Waals surface area contributed by atoms with Crippen LogP contribution in [0.4, 0.5) is 0 Å². The molecule has 0 aliphatic heterocycles. The number of ether oxygens (including phenoxy) is 1. The molecule has 3 rings (SSSR count). The molecule has 22 heavy (non-hydrogen) atoms. The van der Waals surface area contributed by atoms with Crippen LogP contribution in [0.15, 0.2) is 60.9 Å². The second kappa shape index (κ2) is 7.03. The highest BCUT2D eigenvalue weighted by molar-refractivity contribution is 5.79. The van der Waals surface area contributed by atoms with Crippen LogP contribution in [0.2, 0.25) is 0 Å². The minimum absolute atomic E-state index is 0.134. The normalized spacial score (nSPS) is 17.6. The fourth-order valence-electron chi connectivity index (χ4n) is 2.74. The molecule has 0 N–H and O–H groups in total. The Kier molecular flexibility index (Phi) is 4.64. The molecule has 0 saturated carbocycles. The maximum Gasteiger partial charge on any atom is 0.313 e. The van der Waals surface area contributed by atoms with Gasteiger partial charge in [0.1, 0.15) is 6.61 Å². The van der Waals surface area contributed by atoms with Crippen molar-refractivity contribution in [2.75, 3.05) is 0 Å². The largest absolute Gasteiger partial charge is 0.460 e. The van der Waals surface area contributed by atoms with Crippen LogP contribution < -0.4 is 0 Å². The molecule has 1 aromatic carbocycles. The van der Waals surface area contributed by atoms with Gasteiger partial charge in [0.25, 0.3) is 0 Å². The highest BCUT2D eigenvalue weighted by Gasteiger charge is 2.22. The van der Waals surface area contributed by atoms with Gasteiger partial charge in [0.15, 0.2) is 0 Å². The van der Waals surface area contributed by atoms with Gasteiger partial charge >= 0.3 is 5.97 Å². The van der Waals surface area contributed by atoms with Gasteiger partial charge in [-0.2, -0.15) is 0 Å². The van der Waals surface area contributed by atoms with Gasteiger partial charge in [-0.25, -0.2) is 0 Å². The second-order valence-corrected chi connectivity index (χ2v) is 5.53. The Hall–Kier alpha value is -2.42. The number of carbonyl (C=O) groups is 1. The Morgan fingerprint density at radius 1 is 1.18 bits per heavy atom. The SMILES string of the molecule is O=C(OCc1ccccc1)C1C=C(c2cccnc2)CCC1. The Morgan fingerprint density at radius 2 is 2.05 bits per heavy atom. The highest BCUT2D eigenvalue weighted by Crippen LogP contribution is 2.30. The Bertz CT molecular complexity index is 650. The first-order valence-corrected chi connectivity index (χ1v) is 7.64. The second-order valence-electron chi connectivity index (χ2n) is 5.53. The van der Waals surface area contributed by atoms with Crippen molar-refractivity contribution in [3.63, 3.8) is 0 Å². The van der Waals surface area contributed by atoms with E-state index in [-0.39, 0.29) is 11.9 Å². The molecule has 112 valence electrons. The van der Waals surface area contributed by atoms with E-state index < -0.39 is 0 Å². The first kappa shape index (κ1) is 14.5. The van der Waals surface area contributed by atoms with Crippen LogP contribution in [0.3, 0.4) is 0 Å². The van der Waals surface area contributed by atoms with Crippen molar-refractivity contribution in [1.82, 2.24) is 4.98 Å². The molecule has 1 unspecified atom stereocenters. The lowest BCUT2D eigenvalue weighted by atomic mass is 9.88. The highest BCUT2D eigenvalue weighted by atomic mass is 16.5. The van der Waals surface area contributed by atoms with E-state index in [4.69, 9.17) is 4.74 Å². The summed E-state index contributed by atoms with van der Waals surface area (Å²) in [7, 11) is 0. The molecule has 0 spiro atoms. The third-order valence-corrected chi connectivity index (χ3v) is 3.92. The van der Waals surface area contributed by atoms with E-state index in [0.717, 1.165) is 30.4 Å². The van der Waals surface area contributed by atoms with Gasteiger partial charge < -0.3 is 4.74 Å². The standard InChI is InChI=1S/C19H19NO2/c21-19(22-14-15-6-2-1-3-7-15)17-9-4-8-16(12-17)18-10-5-11-20-13-18/h1-3,5-7,10-13,17H,4,8-9,14H2. The van der Waals surface area contributed by atoms with Crippen LogP contribution in [0.5, 0.6) is 0 Å². The van der Waals surface area contributed by atoms with Crippen molar-refractivity contribution in [3.8, 4) is 0 Å². The van der Waals surface area contributed by atoms with E-state index in [0.29, 0.717) is 6.61 Å². The summed E-state index contributed by atoms with van der Waals surface area (Å²) in [6.07, 6.45) is 8.52. The van der Waals surface area contributed by atoms with Crippen LogP contribution in [-0.2, 0) is 16.1 Å². The number of rotatable bonds is 4.